The first-order valence-electron chi connectivity index (χ1n) is 12.3. The third-order valence-corrected chi connectivity index (χ3v) is 8.58. The molecule has 2 amide bonds. The van der Waals surface area contributed by atoms with E-state index in [9.17, 15) is 9.59 Å². The third-order valence-electron chi connectivity index (χ3n) is 7.14. The Bertz CT molecular complexity index is 1320. The summed E-state index contributed by atoms with van der Waals surface area (Å²) in [7, 11) is 0. The molecule has 1 aromatic heterocycles. The van der Waals surface area contributed by atoms with E-state index in [1.807, 2.05) is 25.1 Å². The zero-order valence-electron chi connectivity index (χ0n) is 20.3. The molecule has 1 fully saturated rings. The number of nitrogens with one attached hydrogen (secondary N) is 1. The number of aromatic nitrogens is 1. The van der Waals surface area contributed by atoms with Crippen molar-refractivity contribution < 1.29 is 14.4 Å². The second-order valence-electron chi connectivity index (χ2n) is 9.50. The van der Waals surface area contributed by atoms with Crippen LogP contribution >= 0.6 is 34.5 Å². The van der Waals surface area contributed by atoms with Gasteiger partial charge in [-0.25, -0.2) is 10.5 Å². The van der Waals surface area contributed by atoms with Crippen molar-refractivity contribution in [2.75, 3.05) is 0 Å². The highest BCUT2D eigenvalue weighted by Crippen LogP contribution is 2.47. The van der Waals surface area contributed by atoms with E-state index in [2.05, 4.69) is 10.5 Å². The molecule has 2 heterocycles. The summed E-state index contributed by atoms with van der Waals surface area (Å²) in [5.41, 5.74) is 11.0. The van der Waals surface area contributed by atoms with E-state index in [4.69, 9.17) is 33.8 Å². The molecule has 194 valence electrons. The topological polar surface area (TPSA) is 97.5 Å². The number of hydrogen-bond acceptors (Lipinski definition) is 6. The van der Waals surface area contributed by atoms with Crippen molar-refractivity contribution in [1.29, 1.82) is 0 Å². The normalized spacial score (nSPS) is 23.6. The number of amides is 2. The van der Waals surface area contributed by atoms with Crippen LogP contribution in [0.25, 0.3) is 0 Å². The lowest BCUT2D eigenvalue weighted by Crippen LogP contribution is -2.57. The van der Waals surface area contributed by atoms with Gasteiger partial charge in [0, 0.05) is 33.9 Å². The predicted molar refractivity (Wildman–Crippen MR) is 145 cm³/mol. The fourth-order valence-corrected chi connectivity index (χ4v) is 6.70. The molecular formula is C27H28Cl2N4O3S. The molecule has 4 atom stereocenters. The molecule has 10 heteroatoms. The Morgan fingerprint density at radius 3 is 2.70 bits per heavy atom. The lowest BCUT2D eigenvalue weighted by Gasteiger charge is -2.48. The van der Waals surface area contributed by atoms with Gasteiger partial charge >= 0.3 is 0 Å². The molecule has 2 aliphatic rings. The van der Waals surface area contributed by atoms with Crippen LogP contribution in [-0.2, 0) is 16.2 Å². The first-order valence-corrected chi connectivity index (χ1v) is 13.9. The van der Waals surface area contributed by atoms with Crippen LogP contribution in [0.3, 0.4) is 0 Å². The minimum atomic E-state index is -0.773. The van der Waals surface area contributed by atoms with Gasteiger partial charge in [-0.15, -0.1) is 11.3 Å². The van der Waals surface area contributed by atoms with Gasteiger partial charge in [-0.2, -0.15) is 0 Å². The van der Waals surface area contributed by atoms with Crippen LogP contribution < -0.4 is 11.2 Å². The van der Waals surface area contributed by atoms with Crippen molar-refractivity contribution in [2.45, 2.75) is 63.3 Å². The van der Waals surface area contributed by atoms with Crippen LogP contribution in [0.4, 0.5) is 0 Å². The van der Waals surface area contributed by atoms with E-state index in [-0.39, 0.29) is 30.5 Å². The van der Waals surface area contributed by atoms with Gasteiger partial charge in [0.1, 0.15) is 6.61 Å². The van der Waals surface area contributed by atoms with E-state index in [0.29, 0.717) is 26.7 Å². The molecule has 0 unspecified atom stereocenters. The number of rotatable bonds is 6. The van der Waals surface area contributed by atoms with Crippen LogP contribution in [0.5, 0.6) is 0 Å². The van der Waals surface area contributed by atoms with Crippen molar-refractivity contribution >= 4 is 46.4 Å². The summed E-state index contributed by atoms with van der Waals surface area (Å²) in [6.07, 6.45) is 5.26. The van der Waals surface area contributed by atoms with Gasteiger partial charge in [-0.1, -0.05) is 60.3 Å². The molecule has 3 N–H and O–H groups in total. The number of nitrogens with two attached hydrogens (primary N) is 1. The molecule has 2 aromatic carbocycles. The Morgan fingerprint density at radius 2 is 1.97 bits per heavy atom. The smallest absolute Gasteiger partial charge is 0.255 e. The Morgan fingerprint density at radius 1 is 1.19 bits per heavy atom. The van der Waals surface area contributed by atoms with Crippen molar-refractivity contribution in [3.05, 3.63) is 85.3 Å². The number of carbonyl (C=O) groups excluding carboxylic acids is 2. The van der Waals surface area contributed by atoms with E-state index in [0.717, 1.165) is 35.6 Å². The first kappa shape index (κ1) is 26.1. The monoisotopic (exact) mass is 558 g/mol. The molecule has 0 radical (unpaired) electrons. The van der Waals surface area contributed by atoms with Crippen molar-refractivity contribution in [2.24, 2.45) is 5.73 Å². The zero-order chi connectivity index (χ0) is 26.1. The van der Waals surface area contributed by atoms with Gasteiger partial charge < -0.3 is 10.6 Å². The Balaban J connectivity index is 1.57. The third kappa shape index (κ3) is 5.26. The molecule has 5 rings (SSSR count). The van der Waals surface area contributed by atoms with Gasteiger partial charge in [0.15, 0.2) is 0 Å². The molecule has 1 saturated carbocycles. The largest absolute Gasteiger partial charge is 0.326 e. The minimum Gasteiger partial charge on any atom is -0.326 e. The number of nitrogens with zero attached hydrogens (tertiary/aromatic N) is 2. The number of fused-ring (bicyclic) bond motifs is 1. The Labute approximate surface area is 229 Å². The number of benzene rings is 2. The fraction of sp³-hybridized carbons (Fsp3) is 0.370. The van der Waals surface area contributed by atoms with Gasteiger partial charge in [-0.3, -0.25) is 14.4 Å². The maximum Gasteiger partial charge on any atom is 0.255 e. The van der Waals surface area contributed by atoms with E-state index < -0.39 is 12.0 Å². The molecule has 7 nitrogen and oxygen atoms in total. The maximum atomic E-state index is 14.0. The second kappa shape index (κ2) is 11.1. The molecule has 0 saturated heterocycles. The summed E-state index contributed by atoms with van der Waals surface area (Å²) in [5, 5.41) is 1.78. The summed E-state index contributed by atoms with van der Waals surface area (Å²) in [6, 6.07) is 11.3. The molecule has 3 aromatic rings. The summed E-state index contributed by atoms with van der Waals surface area (Å²) >= 11 is 14.4. The summed E-state index contributed by atoms with van der Waals surface area (Å²) < 4.78 is 0. The SMILES string of the molecule is Cc1ncc(CONC(=O)[C@@H]2c3ccccc3C(=O)N([C@H]3CCCC[C@@H]3N)[C@H]2c2ccc(Cl)cc2Cl)s1. The van der Waals surface area contributed by atoms with E-state index >= 15 is 0 Å². The Kier molecular flexibility index (Phi) is 7.83. The predicted octanol–water partition coefficient (Wildman–Crippen LogP) is 5.56. The molecule has 37 heavy (non-hydrogen) atoms. The number of aryl methyl sites for hydroxylation is 1. The highest BCUT2D eigenvalue weighted by Gasteiger charge is 2.48. The van der Waals surface area contributed by atoms with E-state index in [1.54, 1.807) is 35.4 Å². The lowest BCUT2D eigenvalue weighted by atomic mass is 9.76. The first-order chi connectivity index (χ1) is 17.8. The van der Waals surface area contributed by atoms with Gasteiger partial charge in [0.2, 0.25) is 0 Å². The molecular weight excluding hydrogens is 531 g/mol. The number of hydroxylamine groups is 1. The summed E-state index contributed by atoms with van der Waals surface area (Å²) in [5.74, 6) is -1.30. The number of halogens is 2. The summed E-state index contributed by atoms with van der Waals surface area (Å²) in [6.45, 7) is 2.10. The molecule has 0 spiro atoms. The van der Waals surface area contributed by atoms with Crippen molar-refractivity contribution in [3.8, 4) is 0 Å². The quantitative estimate of drug-likeness (QED) is 0.386. The zero-order valence-corrected chi connectivity index (χ0v) is 22.7. The second-order valence-corrected chi connectivity index (χ2v) is 11.7. The highest BCUT2D eigenvalue weighted by atomic mass is 35.5. The highest BCUT2D eigenvalue weighted by molar-refractivity contribution is 7.11. The molecule has 1 aliphatic heterocycles. The molecule has 0 bridgehead atoms. The number of thiazole rings is 1. The van der Waals surface area contributed by atoms with Crippen LogP contribution in [0.15, 0.2) is 48.7 Å². The van der Waals surface area contributed by atoms with Gasteiger partial charge in [-0.05, 0) is 49.1 Å². The minimum absolute atomic E-state index is 0.154. The van der Waals surface area contributed by atoms with Crippen LogP contribution in [0.1, 0.15) is 69.0 Å². The van der Waals surface area contributed by atoms with Crippen molar-refractivity contribution in [1.82, 2.24) is 15.4 Å². The van der Waals surface area contributed by atoms with Gasteiger partial charge in [0.25, 0.3) is 11.8 Å². The van der Waals surface area contributed by atoms with Crippen LogP contribution in [0, 0.1) is 6.92 Å². The molecule has 1 aliphatic carbocycles. The van der Waals surface area contributed by atoms with Crippen molar-refractivity contribution in [3.63, 3.8) is 0 Å². The van der Waals surface area contributed by atoms with E-state index in [1.165, 1.54) is 11.3 Å². The number of carbonyl (C=O) groups is 2. The average molecular weight is 560 g/mol. The maximum absolute atomic E-state index is 14.0. The average Bonchev–Trinajstić information content (AvgIpc) is 3.29. The van der Waals surface area contributed by atoms with Gasteiger partial charge in [0.05, 0.1) is 21.8 Å². The standard InChI is InChI=1S/C27H28Cl2N4O3S/c1-15-31-13-17(37-15)14-36-32-26(34)24-18-6-2-3-7-19(18)27(35)33(23-9-5-4-8-22(23)30)25(24)20-11-10-16(28)12-21(20)29/h2-3,6-7,10-13,22-25H,4-5,8-9,14,30H2,1H3,(H,32,34)/t22-,23-,24+,25-/m0/s1. The lowest BCUT2D eigenvalue weighted by molar-refractivity contribution is -0.138. The number of hydrogen-bond donors (Lipinski definition) is 2. The Hall–Kier alpha value is -2.49. The van der Waals surface area contributed by atoms with Crippen LogP contribution in [-0.4, -0.2) is 33.8 Å². The van der Waals surface area contributed by atoms with Crippen LogP contribution in [0.2, 0.25) is 10.0 Å². The summed E-state index contributed by atoms with van der Waals surface area (Å²) in [4.78, 5) is 40.4. The fourth-order valence-electron chi connectivity index (χ4n) is 5.47.